The molecule has 0 bridgehead atoms. The molecule has 8 rings (SSSR count). The number of aromatic nitrogens is 3. The Balaban J connectivity index is 0.865. The quantitative estimate of drug-likeness (QED) is 0.0140. The maximum Gasteiger partial charge on any atom is 0.407 e. The maximum atomic E-state index is 13.9. The molecule has 1 aliphatic rings. The normalized spacial score (nSPS) is 11.3. The van der Waals surface area contributed by atoms with Crippen molar-refractivity contribution < 1.29 is 71.7 Å². The second-order valence-electron chi connectivity index (χ2n) is 26.0. The summed E-state index contributed by atoms with van der Waals surface area (Å²) in [6, 6.07) is 52.0. The maximum absolute atomic E-state index is 13.9. The third-order valence-corrected chi connectivity index (χ3v) is 17.7. The number of rotatable bonds is 48. The molecule has 32 nitrogen and oxygen atoms in total. The number of nitrogens with zero attached hydrogens (tertiary/aromatic N) is 7. The van der Waals surface area contributed by atoms with Crippen LogP contribution in [0.5, 0.6) is 0 Å². The van der Waals surface area contributed by atoms with Gasteiger partial charge in [-0.05, 0) is 33.9 Å². The van der Waals surface area contributed by atoms with Crippen molar-refractivity contribution in [2.45, 2.75) is 78.0 Å². The summed E-state index contributed by atoms with van der Waals surface area (Å²) < 4.78 is 22.8. The molecular formula is C80H101N17O15. The number of nitrogens with one attached hydrogen (secondary N) is 10. The first-order valence-corrected chi connectivity index (χ1v) is 37.5. The Labute approximate surface area is 651 Å². The monoisotopic (exact) mass is 1540 g/mol. The van der Waals surface area contributed by atoms with E-state index in [1.807, 2.05) is 185 Å². The predicted octanol–water partition coefficient (Wildman–Crippen LogP) is 4.74. The van der Waals surface area contributed by atoms with Gasteiger partial charge in [0.2, 0.25) is 41.9 Å². The fourth-order valence-electron chi connectivity index (χ4n) is 11.7. The van der Waals surface area contributed by atoms with Crippen LogP contribution in [-0.2, 0) is 92.0 Å². The van der Waals surface area contributed by atoms with Gasteiger partial charge in [-0.1, -0.05) is 169 Å². The molecule has 10 N–H and O–H groups in total. The second kappa shape index (κ2) is 49.0. The minimum Gasteiger partial charge on any atom is -0.445 e. The van der Waals surface area contributed by atoms with Crippen molar-refractivity contribution in [1.82, 2.24) is 82.9 Å². The van der Waals surface area contributed by atoms with E-state index in [2.05, 4.69) is 63.5 Å². The van der Waals surface area contributed by atoms with Crippen LogP contribution in [0.4, 0.5) is 24.9 Å². The lowest BCUT2D eigenvalue weighted by atomic mass is 9.96. The molecule has 596 valence electrons. The molecule has 1 aliphatic heterocycles. The van der Waals surface area contributed by atoms with Crippen molar-refractivity contribution in [3.8, 4) is 22.5 Å². The van der Waals surface area contributed by atoms with E-state index >= 15 is 0 Å². The van der Waals surface area contributed by atoms with Crippen molar-refractivity contribution in [2.24, 2.45) is 0 Å². The Morgan fingerprint density at radius 3 is 0.982 bits per heavy atom. The molecule has 1 aromatic heterocycles. The summed E-state index contributed by atoms with van der Waals surface area (Å²) >= 11 is 0. The molecule has 112 heavy (non-hydrogen) atoms. The van der Waals surface area contributed by atoms with E-state index in [9.17, 15) is 52.7 Å². The molecule has 0 aliphatic carbocycles. The molecule has 7 aromatic rings. The zero-order valence-corrected chi connectivity index (χ0v) is 62.9. The lowest BCUT2D eigenvalue weighted by Gasteiger charge is -2.26. The van der Waals surface area contributed by atoms with Crippen LogP contribution in [0.2, 0.25) is 0 Å². The van der Waals surface area contributed by atoms with Gasteiger partial charge in [0.1, 0.15) is 32.1 Å². The molecule has 32 heteroatoms. The highest BCUT2D eigenvalue weighted by Crippen LogP contribution is 2.40. The highest BCUT2D eigenvalue weighted by Gasteiger charge is 2.27. The summed E-state index contributed by atoms with van der Waals surface area (Å²) in [5.74, 6) is -1.85. The van der Waals surface area contributed by atoms with E-state index in [0.717, 1.165) is 45.5 Å². The summed E-state index contributed by atoms with van der Waals surface area (Å²) in [6.07, 6.45) is -1.62. The zero-order chi connectivity index (χ0) is 79.2. The summed E-state index contributed by atoms with van der Waals surface area (Å²) in [5, 5.41) is 37.0. The van der Waals surface area contributed by atoms with Crippen LogP contribution in [0.15, 0.2) is 170 Å². The molecule has 0 saturated heterocycles. The molecule has 11 amide bonds. The van der Waals surface area contributed by atoms with Crippen molar-refractivity contribution in [3.05, 3.63) is 198 Å². The zero-order valence-electron chi connectivity index (χ0n) is 62.9. The predicted molar refractivity (Wildman–Crippen MR) is 417 cm³/mol. The molecule has 6 aromatic carbocycles. The van der Waals surface area contributed by atoms with Gasteiger partial charge in [0.05, 0.1) is 24.5 Å². The Morgan fingerprint density at radius 2 is 0.634 bits per heavy atom. The van der Waals surface area contributed by atoms with Gasteiger partial charge in [-0.15, -0.1) is 5.10 Å². The Morgan fingerprint density at radius 1 is 0.339 bits per heavy atom. The second-order valence-corrected chi connectivity index (χ2v) is 26.0. The van der Waals surface area contributed by atoms with Crippen LogP contribution in [-0.4, -0.2) is 220 Å². The number of amides is 11. The average Bonchev–Trinajstić information content (AvgIpc) is 1.56. The van der Waals surface area contributed by atoms with Crippen LogP contribution in [0.3, 0.4) is 0 Å². The highest BCUT2D eigenvalue weighted by atomic mass is 16.6. The summed E-state index contributed by atoms with van der Waals surface area (Å²) in [6.45, 7) is 4.23. The van der Waals surface area contributed by atoms with Crippen LogP contribution in [0.1, 0.15) is 66.3 Å². The van der Waals surface area contributed by atoms with Crippen molar-refractivity contribution >= 4 is 71.9 Å². The number of hydrogen-bond acceptors (Lipinski definition) is 20. The third kappa shape index (κ3) is 32.5. The molecule has 0 saturated carbocycles. The number of carbonyl (C=O) groups is 11. The van der Waals surface area contributed by atoms with E-state index in [1.54, 1.807) is 9.58 Å². The van der Waals surface area contributed by atoms with Gasteiger partial charge < -0.3 is 91.7 Å². The topological polar surface area (TPSA) is 389 Å². The number of benzene rings is 6. The molecule has 0 atom stereocenters. The first kappa shape index (κ1) is 85.3. The van der Waals surface area contributed by atoms with Crippen LogP contribution >= 0.6 is 0 Å². The highest BCUT2D eigenvalue weighted by molar-refractivity contribution is 5.93. The van der Waals surface area contributed by atoms with Gasteiger partial charge in [-0.25, -0.2) is 23.9 Å². The summed E-state index contributed by atoms with van der Waals surface area (Å²) in [5.41, 5.74) is 7.67. The lowest BCUT2D eigenvalue weighted by Crippen LogP contribution is -2.41. The molecule has 2 heterocycles. The van der Waals surface area contributed by atoms with E-state index in [1.165, 1.54) is 0 Å². The van der Waals surface area contributed by atoms with Gasteiger partial charge in [0.25, 0.3) is 0 Å². The van der Waals surface area contributed by atoms with Gasteiger partial charge in [-0.3, -0.25) is 33.6 Å². The van der Waals surface area contributed by atoms with E-state index in [4.69, 9.17) is 18.9 Å². The first-order chi connectivity index (χ1) is 54.6. The van der Waals surface area contributed by atoms with Gasteiger partial charge >= 0.3 is 24.4 Å². The number of ether oxygens (including phenoxy) is 4. The van der Waals surface area contributed by atoms with Crippen molar-refractivity contribution in [2.75, 3.05) is 129 Å². The van der Waals surface area contributed by atoms with E-state index in [0.29, 0.717) is 23.5 Å². The number of anilines is 1. The number of hydrogen-bond donors (Lipinski definition) is 10. The minimum absolute atomic E-state index is 0.00698. The largest absolute Gasteiger partial charge is 0.445 e. The Bertz CT molecular complexity index is 3760. The van der Waals surface area contributed by atoms with Crippen molar-refractivity contribution in [3.63, 3.8) is 0 Å². The van der Waals surface area contributed by atoms with Gasteiger partial charge in [0, 0.05) is 174 Å². The third-order valence-electron chi connectivity index (χ3n) is 17.7. The Kier molecular flexibility index (Phi) is 37.3. The number of alkyl carbamates (subject to hydrolysis) is 4. The Hall–Kier alpha value is -12.3. The van der Waals surface area contributed by atoms with Crippen LogP contribution < -0.4 is 58.1 Å². The summed E-state index contributed by atoms with van der Waals surface area (Å²) in [7, 11) is 0. The fourth-order valence-corrected chi connectivity index (χ4v) is 11.7. The molecule has 0 fully saturated rings. The van der Waals surface area contributed by atoms with E-state index in [-0.39, 0.29) is 231 Å². The van der Waals surface area contributed by atoms with Crippen molar-refractivity contribution in [1.29, 1.82) is 0 Å². The number of fused-ring (bicyclic) bond motifs is 5. The minimum atomic E-state index is -0.635. The smallest absolute Gasteiger partial charge is 0.407 e. The molecule has 0 spiro atoms. The molecule has 0 unspecified atom stereocenters. The van der Waals surface area contributed by atoms with Crippen LogP contribution in [0, 0.1) is 0 Å². The number of carbonyl (C=O) groups excluding carboxylic acids is 11. The molecule has 0 radical (unpaired) electrons. The van der Waals surface area contributed by atoms with E-state index < -0.39 is 24.4 Å². The first-order valence-electron chi connectivity index (χ1n) is 37.5. The van der Waals surface area contributed by atoms with Gasteiger partial charge in [0.15, 0.2) is 0 Å². The van der Waals surface area contributed by atoms with Gasteiger partial charge in [-0.2, -0.15) is 0 Å². The standard InChI is InChI=1S/C80H101N17O15/c98-60-96-55-65-25-13-14-26-66(65)76-75(67-27-15-16-28-68(67)96)91-92-97(76)54-53-95(49-33-73(103)85-43-51-93(45-29-69(99)81-35-39-87-77(105)109-56-61-17-5-1-6-18-61)46-30-70(100)82-36-40-88-78(106)110-57-62-19-7-2-8-20-62)50-34-74(104)86-44-52-94(47-31-71(101)83-37-41-89-79(107)111-58-63-21-9-3-10-22-63)48-32-72(102)84-38-42-90-80(108)112-59-64-23-11-4-12-24-64/h1-28,60H,29-59H2,(H,81,99)(H,82,100)(H,83,101)(H,84,102)(H,85,103)(H,86,104)(H,87,105)(H,88,106)(H,89,107)(H,90,108). The number of para-hydroxylation sites is 1. The average molecular weight is 1540 g/mol. The fraction of sp³-hybridized carbons (Fsp3) is 0.388. The lowest BCUT2D eigenvalue weighted by molar-refractivity contribution is -0.123. The van der Waals surface area contributed by atoms with Crippen LogP contribution in [0.25, 0.3) is 22.5 Å². The SMILES string of the molecule is O=CN1Cc2ccccc2-c2c(nnn2CCN(CCC(=O)NCCN(CCC(=O)NCCNC(=O)OCc2ccccc2)CCC(=O)NCCNC(=O)OCc2ccccc2)CCC(=O)NCCN(CCC(=O)NCCNC(=O)OCc2ccccc2)CCC(=O)NCCNC(=O)OCc2ccccc2)-c2ccccc21. The summed E-state index contributed by atoms with van der Waals surface area (Å²) in [4.78, 5) is 150. The molecular weight excluding hydrogens is 1440 g/mol.